The van der Waals surface area contributed by atoms with Crippen molar-refractivity contribution < 1.29 is 0 Å². The SMILES string of the molecule is CCc1nc(CC)n(Cc2ccnc(C(N)=S)c2)n1. The smallest absolute Gasteiger partial charge is 0.150 e. The molecule has 2 rings (SSSR count). The van der Waals surface area contributed by atoms with Crippen molar-refractivity contribution in [2.24, 2.45) is 5.73 Å². The lowest BCUT2D eigenvalue weighted by Crippen LogP contribution is -2.13. The van der Waals surface area contributed by atoms with Gasteiger partial charge in [-0.15, -0.1) is 0 Å². The normalized spacial score (nSPS) is 10.6. The molecule has 0 radical (unpaired) electrons. The highest BCUT2D eigenvalue weighted by Gasteiger charge is 2.08. The minimum absolute atomic E-state index is 0.311. The van der Waals surface area contributed by atoms with Gasteiger partial charge in [0.2, 0.25) is 0 Å². The van der Waals surface area contributed by atoms with Gasteiger partial charge in [0.05, 0.1) is 12.2 Å². The fourth-order valence-corrected chi connectivity index (χ4v) is 1.96. The Morgan fingerprint density at radius 1 is 1.37 bits per heavy atom. The minimum Gasteiger partial charge on any atom is -0.388 e. The number of aryl methyl sites for hydroxylation is 2. The number of aromatic nitrogens is 4. The summed E-state index contributed by atoms with van der Waals surface area (Å²) in [5.74, 6) is 1.87. The van der Waals surface area contributed by atoms with Gasteiger partial charge >= 0.3 is 0 Å². The van der Waals surface area contributed by atoms with Crippen molar-refractivity contribution in [2.45, 2.75) is 33.2 Å². The lowest BCUT2D eigenvalue weighted by molar-refractivity contribution is 0.636. The number of rotatable bonds is 5. The molecule has 0 unspecified atom stereocenters. The molecule has 2 aromatic rings. The topological polar surface area (TPSA) is 69.6 Å². The Bertz CT molecular complexity index is 590. The third-order valence-electron chi connectivity index (χ3n) is 2.83. The van der Waals surface area contributed by atoms with Gasteiger partial charge in [0.15, 0.2) is 5.82 Å². The summed E-state index contributed by atoms with van der Waals surface area (Å²) in [5, 5.41) is 4.49. The maximum absolute atomic E-state index is 5.59. The first-order valence-corrected chi connectivity index (χ1v) is 6.72. The largest absolute Gasteiger partial charge is 0.388 e. The van der Waals surface area contributed by atoms with Gasteiger partial charge in [-0.3, -0.25) is 4.98 Å². The summed E-state index contributed by atoms with van der Waals surface area (Å²) >= 11 is 4.94. The van der Waals surface area contributed by atoms with Crippen molar-refractivity contribution in [3.8, 4) is 0 Å². The molecule has 0 saturated carbocycles. The highest BCUT2D eigenvalue weighted by Crippen LogP contribution is 2.08. The van der Waals surface area contributed by atoms with E-state index < -0.39 is 0 Å². The molecule has 0 fully saturated rings. The molecule has 0 aliphatic heterocycles. The number of hydrogen-bond acceptors (Lipinski definition) is 4. The van der Waals surface area contributed by atoms with E-state index >= 15 is 0 Å². The summed E-state index contributed by atoms with van der Waals surface area (Å²) in [6.07, 6.45) is 3.42. The van der Waals surface area contributed by atoms with E-state index in [9.17, 15) is 0 Å². The molecule has 2 heterocycles. The van der Waals surface area contributed by atoms with Gasteiger partial charge in [0.25, 0.3) is 0 Å². The summed E-state index contributed by atoms with van der Waals surface area (Å²) in [7, 11) is 0. The molecule has 5 nitrogen and oxygen atoms in total. The summed E-state index contributed by atoms with van der Waals surface area (Å²) in [6, 6.07) is 3.84. The lowest BCUT2D eigenvalue weighted by atomic mass is 10.2. The second-order valence-corrected chi connectivity index (χ2v) is 4.66. The Balaban J connectivity index is 2.27. The molecule has 2 aromatic heterocycles. The molecular formula is C13H17N5S. The summed E-state index contributed by atoms with van der Waals surface area (Å²) < 4.78 is 1.93. The Morgan fingerprint density at radius 3 is 2.79 bits per heavy atom. The van der Waals surface area contributed by atoms with Crippen LogP contribution in [0.3, 0.4) is 0 Å². The van der Waals surface area contributed by atoms with E-state index in [0.717, 1.165) is 30.1 Å². The van der Waals surface area contributed by atoms with Crippen molar-refractivity contribution in [2.75, 3.05) is 0 Å². The zero-order valence-corrected chi connectivity index (χ0v) is 11.9. The molecule has 0 aliphatic rings. The van der Waals surface area contributed by atoms with Crippen LogP contribution in [0.4, 0.5) is 0 Å². The first-order chi connectivity index (χ1) is 9.13. The highest BCUT2D eigenvalue weighted by molar-refractivity contribution is 7.80. The molecular weight excluding hydrogens is 258 g/mol. The maximum atomic E-state index is 5.59. The van der Waals surface area contributed by atoms with Crippen molar-refractivity contribution in [3.63, 3.8) is 0 Å². The Morgan fingerprint density at radius 2 is 2.16 bits per heavy atom. The highest BCUT2D eigenvalue weighted by atomic mass is 32.1. The molecule has 0 atom stereocenters. The molecule has 2 N–H and O–H groups in total. The van der Waals surface area contributed by atoms with Crippen LogP contribution in [0, 0.1) is 0 Å². The Labute approximate surface area is 117 Å². The van der Waals surface area contributed by atoms with Crippen molar-refractivity contribution in [3.05, 3.63) is 41.2 Å². The van der Waals surface area contributed by atoms with Crippen LogP contribution in [0.15, 0.2) is 18.3 Å². The number of nitrogens with zero attached hydrogens (tertiary/aromatic N) is 4. The van der Waals surface area contributed by atoms with Crippen LogP contribution in [-0.4, -0.2) is 24.7 Å². The molecule has 19 heavy (non-hydrogen) atoms. The van der Waals surface area contributed by atoms with E-state index in [2.05, 4.69) is 28.9 Å². The van der Waals surface area contributed by atoms with E-state index in [1.54, 1.807) is 6.20 Å². The first kappa shape index (κ1) is 13.6. The van der Waals surface area contributed by atoms with Gasteiger partial charge in [-0.2, -0.15) is 5.10 Å². The van der Waals surface area contributed by atoms with Gasteiger partial charge in [0, 0.05) is 19.0 Å². The fourth-order valence-electron chi connectivity index (χ4n) is 1.84. The summed E-state index contributed by atoms with van der Waals surface area (Å²) in [6.45, 7) is 4.79. The molecule has 0 bridgehead atoms. The Kier molecular flexibility index (Phi) is 4.21. The molecule has 6 heteroatoms. The zero-order chi connectivity index (χ0) is 13.8. The number of thiocarbonyl (C=S) groups is 1. The van der Waals surface area contributed by atoms with Gasteiger partial charge in [-0.1, -0.05) is 26.1 Å². The average molecular weight is 275 g/mol. The van der Waals surface area contributed by atoms with E-state index in [4.69, 9.17) is 18.0 Å². The molecule has 0 amide bonds. The van der Waals surface area contributed by atoms with E-state index in [1.807, 2.05) is 16.8 Å². The quantitative estimate of drug-likeness (QED) is 0.837. The first-order valence-electron chi connectivity index (χ1n) is 6.31. The zero-order valence-electron chi connectivity index (χ0n) is 11.1. The Hall–Kier alpha value is -1.82. The van der Waals surface area contributed by atoms with E-state index in [1.165, 1.54) is 0 Å². The van der Waals surface area contributed by atoms with Crippen LogP contribution in [0.25, 0.3) is 0 Å². The van der Waals surface area contributed by atoms with Crippen LogP contribution < -0.4 is 5.73 Å². The van der Waals surface area contributed by atoms with Crippen LogP contribution in [0.2, 0.25) is 0 Å². The van der Waals surface area contributed by atoms with Crippen molar-refractivity contribution >= 4 is 17.2 Å². The number of pyridine rings is 1. The van der Waals surface area contributed by atoms with Crippen molar-refractivity contribution in [1.29, 1.82) is 0 Å². The molecule has 100 valence electrons. The van der Waals surface area contributed by atoms with Gasteiger partial charge in [0.1, 0.15) is 10.8 Å². The van der Waals surface area contributed by atoms with Gasteiger partial charge in [-0.25, -0.2) is 9.67 Å². The van der Waals surface area contributed by atoms with Crippen LogP contribution in [0.5, 0.6) is 0 Å². The third-order valence-corrected chi connectivity index (χ3v) is 3.04. The number of hydrogen-bond donors (Lipinski definition) is 1. The number of nitrogens with two attached hydrogens (primary N) is 1. The minimum atomic E-state index is 0.311. The fraction of sp³-hybridized carbons (Fsp3) is 0.385. The average Bonchev–Trinajstić information content (AvgIpc) is 2.81. The van der Waals surface area contributed by atoms with Crippen molar-refractivity contribution in [1.82, 2.24) is 19.7 Å². The molecule has 0 spiro atoms. The standard InChI is InChI=1S/C13H17N5S/c1-3-11-16-12(4-2)18(17-11)8-9-5-6-15-10(7-9)13(14)19/h5-7H,3-4,8H2,1-2H3,(H2,14,19). The van der Waals surface area contributed by atoms with E-state index in [-0.39, 0.29) is 0 Å². The maximum Gasteiger partial charge on any atom is 0.150 e. The summed E-state index contributed by atoms with van der Waals surface area (Å²) in [4.78, 5) is 8.93. The van der Waals surface area contributed by atoms with E-state index in [0.29, 0.717) is 17.2 Å². The second kappa shape index (κ2) is 5.88. The van der Waals surface area contributed by atoms with Gasteiger partial charge < -0.3 is 5.73 Å². The van der Waals surface area contributed by atoms with Crippen LogP contribution >= 0.6 is 12.2 Å². The van der Waals surface area contributed by atoms with Crippen LogP contribution in [0.1, 0.15) is 36.8 Å². The summed E-state index contributed by atoms with van der Waals surface area (Å²) in [5.41, 5.74) is 7.30. The predicted molar refractivity (Wildman–Crippen MR) is 78.0 cm³/mol. The predicted octanol–water partition coefficient (Wildman–Crippen LogP) is 1.48. The second-order valence-electron chi connectivity index (χ2n) is 4.22. The third kappa shape index (κ3) is 3.14. The lowest BCUT2D eigenvalue weighted by Gasteiger charge is -2.06. The van der Waals surface area contributed by atoms with Gasteiger partial charge in [-0.05, 0) is 17.7 Å². The molecule has 0 aromatic carbocycles. The molecule has 0 aliphatic carbocycles. The molecule has 0 saturated heterocycles. The monoisotopic (exact) mass is 275 g/mol. The van der Waals surface area contributed by atoms with Crippen LogP contribution in [-0.2, 0) is 19.4 Å².